The Labute approximate surface area is 68.9 Å². The van der Waals surface area contributed by atoms with Gasteiger partial charge in [-0.05, 0) is 20.8 Å². The second kappa shape index (κ2) is 5.13. The van der Waals surface area contributed by atoms with E-state index in [-0.39, 0.29) is 0 Å². The molecule has 3 heteroatoms. The van der Waals surface area contributed by atoms with Crippen molar-refractivity contribution < 1.29 is 4.74 Å². The Balaban J connectivity index is 3.91. The van der Waals surface area contributed by atoms with Gasteiger partial charge in [0.25, 0.3) is 0 Å². The Bertz CT molecular complexity index is 125. The molecule has 66 valence electrons. The van der Waals surface area contributed by atoms with Gasteiger partial charge >= 0.3 is 0 Å². The summed E-state index contributed by atoms with van der Waals surface area (Å²) in [4.78, 5) is 2.00. The Morgan fingerprint density at radius 2 is 2.18 bits per heavy atom. The van der Waals surface area contributed by atoms with E-state index in [0.717, 1.165) is 6.54 Å². The zero-order valence-corrected chi connectivity index (χ0v) is 7.85. The number of amidine groups is 1. The van der Waals surface area contributed by atoms with Crippen molar-refractivity contribution in [1.82, 2.24) is 4.90 Å². The maximum absolute atomic E-state index is 7.43. The number of nitrogens with zero attached hydrogens (tertiary/aromatic N) is 1. The molecule has 1 unspecified atom stereocenters. The van der Waals surface area contributed by atoms with E-state index in [1.54, 1.807) is 14.0 Å². The van der Waals surface area contributed by atoms with Crippen molar-refractivity contribution in [3.63, 3.8) is 0 Å². The molecular formula is C8H18N2O. The Morgan fingerprint density at radius 3 is 2.45 bits per heavy atom. The molecule has 0 aromatic rings. The summed E-state index contributed by atoms with van der Waals surface area (Å²) in [5, 5.41) is 7.43. The van der Waals surface area contributed by atoms with Crippen LogP contribution in [0, 0.1) is 5.41 Å². The number of nitrogens with one attached hydrogen (secondary N) is 1. The van der Waals surface area contributed by atoms with Crippen LogP contribution in [0.3, 0.4) is 0 Å². The first-order chi connectivity index (χ1) is 5.13. The van der Waals surface area contributed by atoms with E-state index in [4.69, 9.17) is 10.1 Å². The molecular weight excluding hydrogens is 140 g/mol. The Kier molecular flexibility index (Phi) is 4.86. The summed E-state index contributed by atoms with van der Waals surface area (Å²) in [6.07, 6.45) is 0. The molecule has 0 aliphatic rings. The van der Waals surface area contributed by atoms with Crippen molar-refractivity contribution in [2.75, 3.05) is 20.3 Å². The van der Waals surface area contributed by atoms with E-state index < -0.39 is 0 Å². The van der Waals surface area contributed by atoms with Gasteiger partial charge in [-0.3, -0.25) is 5.41 Å². The molecule has 0 aromatic carbocycles. The maximum Gasteiger partial charge on any atom is 0.0928 e. The van der Waals surface area contributed by atoms with Crippen LogP contribution in [-0.4, -0.2) is 37.0 Å². The smallest absolute Gasteiger partial charge is 0.0928 e. The maximum atomic E-state index is 7.43. The largest absolute Gasteiger partial charge is 0.383 e. The molecule has 0 radical (unpaired) electrons. The van der Waals surface area contributed by atoms with Crippen molar-refractivity contribution in [2.45, 2.75) is 26.8 Å². The highest BCUT2D eigenvalue weighted by molar-refractivity contribution is 5.76. The SMILES string of the molecule is CCN(C(C)=N)C(C)COC. The molecule has 0 rings (SSSR count). The van der Waals surface area contributed by atoms with Crippen LogP contribution < -0.4 is 0 Å². The summed E-state index contributed by atoms with van der Waals surface area (Å²) in [7, 11) is 1.68. The summed E-state index contributed by atoms with van der Waals surface area (Å²) >= 11 is 0. The van der Waals surface area contributed by atoms with E-state index in [1.807, 2.05) is 11.8 Å². The molecule has 0 saturated carbocycles. The van der Waals surface area contributed by atoms with Crippen molar-refractivity contribution in [3.8, 4) is 0 Å². The lowest BCUT2D eigenvalue weighted by molar-refractivity contribution is 0.137. The molecule has 0 aliphatic carbocycles. The summed E-state index contributed by atoms with van der Waals surface area (Å²) in [5.41, 5.74) is 0. The Morgan fingerprint density at radius 1 is 1.64 bits per heavy atom. The fourth-order valence-corrected chi connectivity index (χ4v) is 1.21. The summed E-state index contributed by atoms with van der Waals surface area (Å²) < 4.78 is 5.00. The second-order valence-corrected chi connectivity index (χ2v) is 2.68. The molecule has 0 heterocycles. The zero-order valence-electron chi connectivity index (χ0n) is 7.85. The lowest BCUT2D eigenvalue weighted by Gasteiger charge is -2.28. The minimum atomic E-state index is 0.308. The Hall–Kier alpha value is -0.570. The van der Waals surface area contributed by atoms with Crippen LogP contribution >= 0.6 is 0 Å². The number of methoxy groups -OCH3 is 1. The van der Waals surface area contributed by atoms with Crippen LogP contribution in [0.5, 0.6) is 0 Å². The molecule has 0 bridgehead atoms. The van der Waals surface area contributed by atoms with Gasteiger partial charge in [0.05, 0.1) is 18.5 Å². The summed E-state index contributed by atoms with van der Waals surface area (Å²) in [6.45, 7) is 7.47. The molecule has 1 N–H and O–H groups in total. The van der Waals surface area contributed by atoms with Gasteiger partial charge in [-0.2, -0.15) is 0 Å². The van der Waals surface area contributed by atoms with Crippen molar-refractivity contribution in [3.05, 3.63) is 0 Å². The fourth-order valence-electron chi connectivity index (χ4n) is 1.21. The van der Waals surface area contributed by atoms with Gasteiger partial charge in [0.2, 0.25) is 0 Å². The van der Waals surface area contributed by atoms with Crippen molar-refractivity contribution in [2.24, 2.45) is 0 Å². The summed E-state index contributed by atoms with van der Waals surface area (Å²) in [5.74, 6) is 0.608. The normalized spacial score (nSPS) is 12.7. The number of likely N-dealkylation sites (N-methyl/N-ethyl adjacent to an activating group) is 1. The zero-order chi connectivity index (χ0) is 8.85. The molecule has 0 fully saturated rings. The lowest BCUT2D eigenvalue weighted by atomic mass is 10.3. The third-order valence-electron chi connectivity index (χ3n) is 1.71. The van der Waals surface area contributed by atoms with E-state index in [1.165, 1.54) is 0 Å². The first-order valence-electron chi connectivity index (χ1n) is 3.94. The average molecular weight is 158 g/mol. The van der Waals surface area contributed by atoms with Gasteiger partial charge in [0, 0.05) is 13.7 Å². The monoisotopic (exact) mass is 158 g/mol. The van der Waals surface area contributed by atoms with Crippen LogP contribution in [-0.2, 0) is 4.74 Å². The predicted molar refractivity (Wildman–Crippen MR) is 47.1 cm³/mol. The number of hydrogen-bond acceptors (Lipinski definition) is 2. The highest BCUT2D eigenvalue weighted by atomic mass is 16.5. The topological polar surface area (TPSA) is 36.3 Å². The first kappa shape index (κ1) is 10.4. The molecule has 0 aromatic heterocycles. The minimum absolute atomic E-state index is 0.308. The van der Waals surface area contributed by atoms with Crippen LogP contribution in [0.2, 0.25) is 0 Å². The molecule has 0 amide bonds. The van der Waals surface area contributed by atoms with Crippen molar-refractivity contribution >= 4 is 5.84 Å². The minimum Gasteiger partial charge on any atom is -0.383 e. The van der Waals surface area contributed by atoms with E-state index in [2.05, 4.69) is 6.92 Å². The van der Waals surface area contributed by atoms with E-state index >= 15 is 0 Å². The van der Waals surface area contributed by atoms with Gasteiger partial charge in [-0.1, -0.05) is 0 Å². The number of rotatable bonds is 4. The quantitative estimate of drug-likeness (QED) is 0.495. The van der Waals surface area contributed by atoms with Crippen molar-refractivity contribution in [1.29, 1.82) is 5.41 Å². The molecule has 0 saturated heterocycles. The predicted octanol–water partition coefficient (Wildman–Crippen LogP) is 1.34. The van der Waals surface area contributed by atoms with E-state index in [0.29, 0.717) is 18.5 Å². The molecule has 0 aliphatic heterocycles. The van der Waals surface area contributed by atoms with Gasteiger partial charge in [0.15, 0.2) is 0 Å². The highest BCUT2D eigenvalue weighted by Crippen LogP contribution is 1.99. The average Bonchev–Trinajstić information content (AvgIpc) is 1.88. The molecule has 3 nitrogen and oxygen atoms in total. The van der Waals surface area contributed by atoms with Gasteiger partial charge < -0.3 is 9.64 Å². The number of hydrogen-bond donors (Lipinski definition) is 1. The van der Waals surface area contributed by atoms with Crippen LogP contribution in [0.1, 0.15) is 20.8 Å². The highest BCUT2D eigenvalue weighted by Gasteiger charge is 2.10. The van der Waals surface area contributed by atoms with Crippen LogP contribution in [0.25, 0.3) is 0 Å². The molecule has 1 atom stereocenters. The number of ether oxygens (including phenoxy) is 1. The second-order valence-electron chi connectivity index (χ2n) is 2.68. The third-order valence-corrected chi connectivity index (χ3v) is 1.71. The van der Waals surface area contributed by atoms with Gasteiger partial charge in [-0.25, -0.2) is 0 Å². The fraction of sp³-hybridized carbons (Fsp3) is 0.875. The van der Waals surface area contributed by atoms with Gasteiger partial charge in [-0.15, -0.1) is 0 Å². The van der Waals surface area contributed by atoms with Crippen LogP contribution in [0.15, 0.2) is 0 Å². The first-order valence-corrected chi connectivity index (χ1v) is 3.94. The van der Waals surface area contributed by atoms with Crippen LogP contribution in [0.4, 0.5) is 0 Å². The standard InChI is InChI=1S/C8H18N2O/c1-5-10(8(3)9)7(2)6-11-4/h7,9H,5-6H2,1-4H3. The van der Waals surface area contributed by atoms with Gasteiger partial charge in [0.1, 0.15) is 0 Å². The third kappa shape index (κ3) is 3.37. The lowest BCUT2D eigenvalue weighted by Crippen LogP contribution is -2.39. The molecule has 0 spiro atoms. The molecule has 11 heavy (non-hydrogen) atoms. The van der Waals surface area contributed by atoms with E-state index in [9.17, 15) is 0 Å². The summed E-state index contributed by atoms with van der Waals surface area (Å²) in [6, 6.07) is 0.308.